The van der Waals surface area contributed by atoms with E-state index < -0.39 is 6.10 Å². The highest BCUT2D eigenvalue weighted by molar-refractivity contribution is 5.71. The molecule has 0 rings (SSSR count). The van der Waals surface area contributed by atoms with Crippen LogP contribution in [0.15, 0.2) is 60.8 Å². The highest BCUT2D eigenvalue weighted by atomic mass is 16.6. The quantitative estimate of drug-likeness (QED) is 0.0262. The molecule has 0 radical (unpaired) electrons. The summed E-state index contributed by atoms with van der Waals surface area (Å²) in [6.45, 7) is 6.52. The monoisotopic (exact) mass is 923 g/mol. The van der Waals surface area contributed by atoms with Gasteiger partial charge in [-0.1, -0.05) is 242 Å². The SMILES string of the molecule is CC/C=C\C/C=C\C/C=C\C/C=C\CCCCCCCCCCCCC(=O)OCC(COC(=O)CCCCCCCCCCCC)OC(=O)CCCCCCC/C=C\CCCCCCCC. The largest absolute Gasteiger partial charge is 0.462 e. The van der Waals surface area contributed by atoms with Crippen molar-refractivity contribution in [3.63, 3.8) is 0 Å². The highest BCUT2D eigenvalue weighted by Gasteiger charge is 2.19. The summed E-state index contributed by atoms with van der Waals surface area (Å²) < 4.78 is 16.8. The number of carbonyl (C=O) groups excluding carboxylic acids is 3. The Morgan fingerprint density at radius 3 is 0.939 bits per heavy atom. The van der Waals surface area contributed by atoms with Crippen molar-refractivity contribution in [2.45, 2.75) is 290 Å². The number of unbranched alkanes of at least 4 members (excludes halogenated alkanes) is 30. The number of rotatable bonds is 51. The molecule has 0 amide bonds. The first-order valence-corrected chi connectivity index (χ1v) is 28.3. The van der Waals surface area contributed by atoms with Gasteiger partial charge in [0.05, 0.1) is 0 Å². The molecule has 0 aromatic carbocycles. The summed E-state index contributed by atoms with van der Waals surface area (Å²) in [7, 11) is 0. The first-order valence-electron chi connectivity index (χ1n) is 28.3. The van der Waals surface area contributed by atoms with Gasteiger partial charge in [-0.3, -0.25) is 14.4 Å². The molecule has 0 N–H and O–H groups in total. The third kappa shape index (κ3) is 52.1. The molecule has 0 spiro atoms. The zero-order valence-corrected chi connectivity index (χ0v) is 43.7. The van der Waals surface area contributed by atoms with Crippen molar-refractivity contribution < 1.29 is 28.6 Å². The van der Waals surface area contributed by atoms with Crippen LogP contribution in [0.2, 0.25) is 0 Å². The standard InChI is InChI=1S/C60H106O6/c1-4-7-10-13-16-19-22-24-26-27-28-29-30-31-32-33-35-36-38-41-44-47-50-53-59(62)65-56-57(55-64-58(61)52-49-46-43-40-21-18-15-12-9-6-3)66-60(63)54-51-48-45-42-39-37-34-25-23-20-17-14-11-8-5-2/h7,10,16,19,24-26,28-29,34,57H,4-6,8-9,11-15,17-18,20-23,27,30-33,35-56H2,1-3H3/b10-7-,19-16-,26-24-,29-28-,34-25-. The maximum Gasteiger partial charge on any atom is 0.306 e. The molecule has 0 fully saturated rings. The molecule has 1 atom stereocenters. The first-order chi connectivity index (χ1) is 32.5. The van der Waals surface area contributed by atoms with Crippen LogP contribution in [-0.2, 0) is 28.6 Å². The van der Waals surface area contributed by atoms with Gasteiger partial charge in [-0.2, -0.15) is 0 Å². The van der Waals surface area contributed by atoms with E-state index in [0.29, 0.717) is 19.3 Å². The molecular weight excluding hydrogens is 817 g/mol. The van der Waals surface area contributed by atoms with Crippen LogP contribution in [-0.4, -0.2) is 37.2 Å². The Hall–Kier alpha value is -2.89. The number of hydrogen-bond donors (Lipinski definition) is 0. The number of esters is 3. The predicted molar refractivity (Wildman–Crippen MR) is 284 cm³/mol. The van der Waals surface area contributed by atoms with Crippen LogP contribution in [0.25, 0.3) is 0 Å². The van der Waals surface area contributed by atoms with Crippen LogP contribution >= 0.6 is 0 Å². The zero-order valence-electron chi connectivity index (χ0n) is 43.7. The fraction of sp³-hybridized carbons (Fsp3) is 0.783. The van der Waals surface area contributed by atoms with Crippen molar-refractivity contribution >= 4 is 17.9 Å². The van der Waals surface area contributed by atoms with Crippen LogP contribution in [0.1, 0.15) is 284 Å². The van der Waals surface area contributed by atoms with Crippen LogP contribution in [0.3, 0.4) is 0 Å². The Kier molecular flexibility index (Phi) is 52.3. The fourth-order valence-corrected chi connectivity index (χ4v) is 8.02. The van der Waals surface area contributed by atoms with Crippen molar-refractivity contribution in [2.75, 3.05) is 13.2 Å². The van der Waals surface area contributed by atoms with E-state index >= 15 is 0 Å². The minimum absolute atomic E-state index is 0.0761. The normalized spacial score (nSPS) is 12.5. The molecule has 0 aliphatic heterocycles. The van der Waals surface area contributed by atoms with Crippen LogP contribution in [0.5, 0.6) is 0 Å². The molecule has 0 aromatic heterocycles. The van der Waals surface area contributed by atoms with Gasteiger partial charge in [-0.15, -0.1) is 0 Å². The average Bonchev–Trinajstić information content (AvgIpc) is 3.31. The lowest BCUT2D eigenvalue weighted by Crippen LogP contribution is -2.30. The van der Waals surface area contributed by atoms with E-state index in [0.717, 1.165) is 89.9 Å². The molecule has 6 nitrogen and oxygen atoms in total. The fourth-order valence-electron chi connectivity index (χ4n) is 8.02. The first kappa shape index (κ1) is 63.1. The van der Waals surface area contributed by atoms with Crippen LogP contribution in [0.4, 0.5) is 0 Å². The smallest absolute Gasteiger partial charge is 0.306 e. The summed E-state index contributed by atoms with van der Waals surface area (Å²) in [6.07, 6.45) is 67.8. The second kappa shape index (κ2) is 54.7. The third-order valence-electron chi connectivity index (χ3n) is 12.3. The van der Waals surface area contributed by atoms with E-state index in [1.807, 2.05) is 0 Å². The predicted octanol–water partition coefficient (Wildman–Crippen LogP) is 18.8. The Balaban J connectivity index is 4.27. The molecule has 0 aliphatic carbocycles. The van der Waals surface area contributed by atoms with E-state index in [4.69, 9.17) is 14.2 Å². The highest BCUT2D eigenvalue weighted by Crippen LogP contribution is 2.15. The van der Waals surface area contributed by atoms with Gasteiger partial charge < -0.3 is 14.2 Å². The van der Waals surface area contributed by atoms with Gasteiger partial charge in [0.25, 0.3) is 0 Å². The number of carbonyl (C=O) groups is 3. The van der Waals surface area contributed by atoms with E-state index in [2.05, 4.69) is 81.5 Å². The Bertz CT molecular complexity index is 1200. The molecule has 0 saturated carbocycles. The Morgan fingerprint density at radius 2 is 0.591 bits per heavy atom. The van der Waals surface area contributed by atoms with E-state index in [1.165, 1.54) is 154 Å². The van der Waals surface area contributed by atoms with Gasteiger partial charge >= 0.3 is 17.9 Å². The lowest BCUT2D eigenvalue weighted by Gasteiger charge is -2.18. The van der Waals surface area contributed by atoms with Gasteiger partial charge in [-0.25, -0.2) is 0 Å². The molecule has 0 heterocycles. The summed E-state index contributed by atoms with van der Waals surface area (Å²) in [6, 6.07) is 0. The van der Waals surface area contributed by atoms with Gasteiger partial charge in [0.15, 0.2) is 6.10 Å². The molecule has 66 heavy (non-hydrogen) atoms. The second-order valence-electron chi connectivity index (χ2n) is 18.8. The van der Waals surface area contributed by atoms with Gasteiger partial charge in [-0.05, 0) is 83.5 Å². The maximum absolute atomic E-state index is 12.8. The van der Waals surface area contributed by atoms with Crippen molar-refractivity contribution in [2.24, 2.45) is 0 Å². The molecule has 0 aliphatic rings. The second-order valence-corrected chi connectivity index (χ2v) is 18.8. The van der Waals surface area contributed by atoms with E-state index in [1.54, 1.807) is 0 Å². The van der Waals surface area contributed by atoms with Crippen molar-refractivity contribution in [3.8, 4) is 0 Å². The summed E-state index contributed by atoms with van der Waals surface area (Å²) in [5.74, 6) is -0.881. The lowest BCUT2D eigenvalue weighted by molar-refractivity contribution is -0.167. The molecule has 0 bridgehead atoms. The molecule has 6 heteroatoms. The Labute approximate surface area is 409 Å². The van der Waals surface area contributed by atoms with Gasteiger partial charge in [0.2, 0.25) is 0 Å². The third-order valence-corrected chi connectivity index (χ3v) is 12.3. The molecular formula is C60H106O6. The topological polar surface area (TPSA) is 78.9 Å². The summed E-state index contributed by atoms with van der Waals surface area (Å²) in [5.41, 5.74) is 0. The van der Waals surface area contributed by atoms with E-state index in [-0.39, 0.29) is 31.1 Å². The summed E-state index contributed by atoms with van der Waals surface area (Å²) >= 11 is 0. The minimum atomic E-state index is -0.777. The minimum Gasteiger partial charge on any atom is -0.462 e. The van der Waals surface area contributed by atoms with Crippen molar-refractivity contribution in [3.05, 3.63) is 60.8 Å². The molecule has 382 valence electrons. The molecule has 0 aromatic rings. The number of hydrogen-bond acceptors (Lipinski definition) is 6. The molecule has 1 unspecified atom stereocenters. The van der Waals surface area contributed by atoms with Crippen LogP contribution in [0, 0.1) is 0 Å². The summed E-state index contributed by atoms with van der Waals surface area (Å²) in [4.78, 5) is 38.0. The van der Waals surface area contributed by atoms with Gasteiger partial charge in [0, 0.05) is 19.3 Å². The zero-order chi connectivity index (χ0) is 47.9. The van der Waals surface area contributed by atoms with Gasteiger partial charge in [0.1, 0.15) is 13.2 Å². The molecule has 0 saturated heterocycles. The summed E-state index contributed by atoms with van der Waals surface area (Å²) in [5, 5.41) is 0. The van der Waals surface area contributed by atoms with Crippen molar-refractivity contribution in [1.82, 2.24) is 0 Å². The van der Waals surface area contributed by atoms with Crippen molar-refractivity contribution in [1.29, 1.82) is 0 Å². The van der Waals surface area contributed by atoms with Crippen LogP contribution < -0.4 is 0 Å². The number of ether oxygens (including phenoxy) is 3. The maximum atomic E-state index is 12.8. The number of allylic oxidation sites excluding steroid dienone is 10. The lowest BCUT2D eigenvalue weighted by atomic mass is 10.1. The average molecular weight is 924 g/mol. The van der Waals surface area contributed by atoms with E-state index in [9.17, 15) is 14.4 Å². The Morgan fingerprint density at radius 1 is 0.318 bits per heavy atom.